The maximum absolute atomic E-state index is 5.89. The van der Waals surface area contributed by atoms with Crippen LogP contribution in [0.2, 0.25) is 0 Å². The average Bonchev–Trinajstić information content (AvgIpc) is 2.58. The topological polar surface area (TPSA) is 29.9 Å². The fraction of sp³-hybridized carbons (Fsp3) is 0.727. The number of nitrogens with one attached hydrogen (secondary N) is 1. The molecule has 0 fully saturated rings. The lowest BCUT2D eigenvalue weighted by molar-refractivity contribution is 0.441. The standard InChI is InChI=1S/C11H20ClN3/c1-9(2)6-11(7-12)13-8-10-4-5-15(3)14-10/h4-5,9,11,13H,6-8H2,1-3H3. The average molecular weight is 230 g/mol. The summed E-state index contributed by atoms with van der Waals surface area (Å²) in [6.07, 6.45) is 3.06. The molecule has 1 N–H and O–H groups in total. The van der Waals surface area contributed by atoms with E-state index < -0.39 is 0 Å². The molecule has 1 atom stereocenters. The van der Waals surface area contributed by atoms with Crippen molar-refractivity contribution in [3.8, 4) is 0 Å². The number of alkyl halides is 1. The summed E-state index contributed by atoms with van der Waals surface area (Å²) in [5.41, 5.74) is 1.07. The Hall–Kier alpha value is -0.540. The number of halogens is 1. The SMILES string of the molecule is CC(C)CC(CCl)NCc1ccn(C)n1. The van der Waals surface area contributed by atoms with Crippen molar-refractivity contribution in [2.24, 2.45) is 13.0 Å². The Morgan fingerprint density at radius 1 is 1.53 bits per heavy atom. The minimum Gasteiger partial charge on any atom is -0.307 e. The van der Waals surface area contributed by atoms with Crippen LogP contribution >= 0.6 is 11.6 Å². The smallest absolute Gasteiger partial charge is 0.0762 e. The van der Waals surface area contributed by atoms with E-state index in [0.29, 0.717) is 17.8 Å². The summed E-state index contributed by atoms with van der Waals surface area (Å²) >= 11 is 5.89. The molecule has 0 radical (unpaired) electrons. The van der Waals surface area contributed by atoms with E-state index in [1.165, 1.54) is 0 Å². The Morgan fingerprint density at radius 3 is 2.73 bits per heavy atom. The molecular weight excluding hydrogens is 210 g/mol. The minimum atomic E-state index is 0.383. The van der Waals surface area contributed by atoms with E-state index in [1.54, 1.807) is 0 Å². The Labute approximate surface area is 96.8 Å². The Morgan fingerprint density at radius 2 is 2.27 bits per heavy atom. The van der Waals surface area contributed by atoms with Crippen LogP contribution in [0.25, 0.3) is 0 Å². The molecule has 1 unspecified atom stereocenters. The van der Waals surface area contributed by atoms with E-state index in [9.17, 15) is 0 Å². The van der Waals surface area contributed by atoms with Gasteiger partial charge < -0.3 is 5.32 Å². The molecule has 0 aliphatic rings. The summed E-state index contributed by atoms with van der Waals surface area (Å²) in [6.45, 7) is 5.22. The summed E-state index contributed by atoms with van der Waals surface area (Å²) < 4.78 is 1.81. The van der Waals surface area contributed by atoms with Crippen molar-refractivity contribution in [1.29, 1.82) is 0 Å². The maximum atomic E-state index is 5.89. The molecule has 1 heterocycles. The second-order valence-electron chi connectivity index (χ2n) is 4.34. The molecule has 3 nitrogen and oxygen atoms in total. The van der Waals surface area contributed by atoms with Gasteiger partial charge in [0.25, 0.3) is 0 Å². The van der Waals surface area contributed by atoms with Gasteiger partial charge in [0.05, 0.1) is 5.69 Å². The lowest BCUT2D eigenvalue weighted by Crippen LogP contribution is -2.31. The van der Waals surface area contributed by atoms with Gasteiger partial charge in [0.2, 0.25) is 0 Å². The number of hydrogen-bond donors (Lipinski definition) is 1. The Balaban J connectivity index is 2.34. The van der Waals surface area contributed by atoms with E-state index >= 15 is 0 Å². The van der Waals surface area contributed by atoms with Crippen molar-refractivity contribution < 1.29 is 0 Å². The third-order valence-electron chi connectivity index (χ3n) is 2.28. The van der Waals surface area contributed by atoms with Gasteiger partial charge in [-0.2, -0.15) is 5.10 Å². The van der Waals surface area contributed by atoms with Crippen molar-refractivity contribution in [3.05, 3.63) is 18.0 Å². The van der Waals surface area contributed by atoms with Crippen molar-refractivity contribution in [1.82, 2.24) is 15.1 Å². The normalized spacial score (nSPS) is 13.4. The summed E-state index contributed by atoms with van der Waals surface area (Å²) in [6, 6.07) is 2.40. The van der Waals surface area contributed by atoms with Crippen LogP contribution in [0, 0.1) is 5.92 Å². The van der Waals surface area contributed by atoms with Gasteiger partial charge in [-0.3, -0.25) is 4.68 Å². The highest BCUT2D eigenvalue weighted by molar-refractivity contribution is 6.18. The van der Waals surface area contributed by atoms with Gasteiger partial charge in [-0.1, -0.05) is 13.8 Å². The molecule has 0 spiro atoms. The molecular formula is C11H20ClN3. The van der Waals surface area contributed by atoms with Crippen LogP contribution in [0.3, 0.4) is 0 Å². The third kappa shape index (κ3) is 4.67. The number of hydrogen-bond acceptors (Lipinski definition) is 2. The number of rotatable bonds is 6. The third-order valence-corrected chi connectivity index (χ3v) is 2.66. The quantitative estimate of drug-likeness (QED) is 0.758. The monoisotopic (exact) mass is 229 g/mol. The van der Waals surface area contributed by atoms with Gasteiger partial charge >= 0.3 is 0 Å². The Kier molecular flexibility index (Phi) is 5.12. The summed E-state index contributed by atoms with van der Waals surface area (Å²) in [4.78, 5) is 0. The van der Waals surface area contributed by atoms with Gasteiger partial charge in [0.1, 0.15) is 0 Å². The second kappa shape index (κ2) is 6.13. The van der Waals surface area contributed by atoms with Crippen LogP contribution in [-0.2, 0) is 13.6 Å². The molecule has 0 saturated heterocycles. The van der Waals surface area contributed by atoms with Gasteiger partial charge in [0.15, 0.2) is 0 Å². The highest BCUT2D eigenvalue weighted by Crippen LogP contribution is 2.07. The van der Waals surface area contributed by atoms with Gasteiger partial charge in [-0.25, -0.2) is 0 Å². The lowest BCUT2D eigenvalue weighted by atomic mass is 10.1. The van der Waals surface area contributed by atoms with Crippen LogP contribution in [-0.4, -0.2) is 21.7 Å². The van der Waals surface area contributed by atoms with Crippen molar-refractivity contribution in [3.63, 3.8) is 0 Å². The number of aryl methyl sites for hydroxylation is 1. The first kappa shape index (κ1) is 12.5. The number of aromatic nitrogens is 2. The zero-order valence-electron chi connectivity index (χ0n) is 9.70. The van der Waals surface area contributed by atoms with Crippen molar-refractivity contribution >= 4 is 11.6 Å². The molecule has 15 heavy (non-hydrogen) atoms. The molecule has 0 aromatic carbocycles. The lowest BCUT2D eigenvalue weighted by Gasteiger charge is -2.17. The fourth-order valence-electron chi connectivity index (χ4n) is 1.58. The minimum absolute atomic E-state index is 0.383. The molecule has 0 aliphatic carbocycles. The predicted octanol–water partition coefficient (Wildman–Crippen LogP) is 2.16. The summed E-state index contributed by atoms with van der Waals surface area (Å²) in [7, 11) is 1.93. The van der Waals surface area contributed by atoms with E-state index in [1.807, 2.05) is 24.0 Å². The first-order valence-electron chi connectivity index (χ1n) is 5.39. The van der Waals surface area contributed by atoms with E-state index in [2.05, 4.69) is 24.3 Å². The molecule has 4 heteroatoms. The van der Waals surface area contributed by atoms with Crippen LogP contribution in [0.5, 0.6) is 0 Å². The molecule has 1 aromatic heterocycles. The molecule has 0 bridgehead atoms. The van der Waals surface area contributed by atoms with Crippen molar-refractivity contribution in [2.45, 2.75) is 32.9 Å². The predicted molar refractivity (Wildman–Crippen MR) is 64.0 cm³/mol. The maximum Gasteiger partial charge on any atom is 0.0762 e. The Bertz CT molecular complexity index is 283. The van der Waals surface area contributed by atoms with E-state index in [4.69, 9.17) is 11.6 Å². The first-order valence-corrected chi connectivity index (χ1v) is 5.93. The molecule has 0 saturated carbocycles. The highest BCUT2D eigenvalue weighted by Gasteiger charge is 2.09. The van der Waals surface area contributed by atoms with E-state index in [0.717, 1.165) is 18.7 Å². The molecule has 1 aromatic rings. The molecule has 86 valence electrons. The summed E-state index contributed by atoms with van der Waals surface area (Å²) in [5, 5.41) is 7.73. The van der Waals surface area contributed by atoms with Gasteiger partial charge in [-0.05, 0) is 18.4 Å². The highest BCUT2D eigenvalue weighted by atomic mass is 35.5. The second-order valence-corrected chi connectivity index (χ2v) is 4.65. The molecule has 1 rings (SSSR count). The van der Waals surface area contributed by atoms with Crippen LogP contribution < -0.4 is 5.32 Å². The zero-order valence-corrected chi connectivity index (χ0v) is 10.5. The zero-order chi connectivity index (χ0) is 11.3. The largest absolute Gasteiger partial charge is 0.307 e. The van der Waals surface area contributed by atoms with Gasteiger partial charge in [-0.15, -0.1) is 11.6 Å². The van der Waals surface area contributed by atoms with Gasteiger partial charge in [0, 0.05) is 31.7 Å². The van der Waals surface area contributed by atoms with Crippen LogP contribution in [0.4, 0.5) is 0 Å². The fourth-order valence-corrected chi connectivity index (χ4v) is 1.81. The first-order chi connectivity index (χ1) is 7.11. The number of nitrogens with zero attached hydrogens (tertiary/aromatic N) is 2. The molecule has 0 amide bonds. The van der Waals surface area contributed by atoms with Crippen molar-refractivity contribution in [2.75, 3.05) is 5.88 Å². The van der Waals surface area contributed by atoms with Crippen LogP contribution in [0.15, 0.2) is 12.3 Å². The van der Waals surface area contributed by atoms with E-state index in [-0.39, 0.29) is 0 Å². The molecule has 0 aliphatic heterocycles. The summed E-state index contributed by atoms with van der Waals surface area (Å²) in [5.74, 6) is 1.33. The van der Waals surface area contributed by atoms with Crippen LogP contribution in [0.1, 0.15) is 26.0 Å².